The van der Waals surface area contributed by atoms with Crippen molar-refractivity contribution in [2.45, 2.75) is 0 Å². The van der Waals surface area contributed by atoms with Crippen LogP contribution >= 0.6 is 0 Å². The lowest BCUT2D eigenvalue weighted by molar-refractivity contribution is 0.415. The molecule has 1 aliphatic heterocycles. The number of anilines is 1. The molecule has 0 saturated heterocycles. The van der Waals surface area contributed by atoms with E-state index in [9.17, 15) is 0 Å². The summed E-state index contributed by atoms with van der Waals surface area (Å²) in [5.41, 5.74) is 1.19. The summed E-state index contributed by atoms with van der Waals surface area (Å²) >= 11 is 0. The Labute approximate surface area is 84.2 Å². The fraction of sp³-hybridized carbons (Fsp3) is 0.273. The number of methoxy groups -OCH3 is 1. The molecule has 2 rings (SSSR count). The normalized spacial score (nSPS) is 15.0. The molecular formula is C11H14N2O. The molecule has 1 aliphatic rings. The minimum Gasteiger partial charge on any atom is -0.497 e. The van der Waals surface area contributed by atoms with Crippen LogP contribution in [-0.2, 0) is 0 Å². The van der Waals surface area contributed by atoms with Gasteiger partial charge in [0.2, 0.25) is 0 Å². The SMILES string of the molecule is COc1ccc(N2C=CN(C)C2)cc1. The van der Waals surface area contributed by atoms with E-state index in [4.69, 9.17) is 4.74 Å². The standard InChI is InChI=1S/C11H14N2O/c1-12-7-8-13(9-12)10-3-5-11(14-2)6-4-10/h3-8H,9H2,1-2H3. The van der Waals surface area contributed by atoms with E-state index in [0.29, 0.717) is 0 Å². The first-order valence-electron chi connectivity index (χ1n) is 4.59. The van der Waals surface area contributed by atoms with Crippen molar-refractivity contribution in [3.8, 4) is 5.75 Å². The quantitative estimate of drug-likeness (QED) is 0.708. The Morgan fingerprint density at radius 3 is 2.36 bits per heavy atom. The van der Waals surface area contributed by atoms with Gasteiger partial charge in [0.25, 0.3) is 0 Å². The highest BCUT2D eigenvalue weighted by molar-refractivity contribution is 5.52. The molecule has 0 aliphatic carbocycles. The summed E-state index contributed by atoms with van der Waals surface area (Å²) in [4.78, 5) is 4.31. The van der Waals surface area contributed by atoms with Crippen molar-refractivity contribution in [3.05, 3.63) is 36.7 Å². The van der Waals surface area contributed by atoms with Crippen LogP contribution in [0.1, 0.15) is 0 Å². The highest BCUT2D eigenvalue weighted by Gasteiger charge is 2.09. The van der Waals surface area contributed by atoms with Crippen LogP contribution in [0.15, 0.2) is 36.7 Å². The van der Waals surface area contributed by atoms with E-state index in [-0.39, 0.29) is 0 Å². The molecule has 0 radical (unpaired) electrons. The second kappa shape index (κ2) is 3.62. The second-order valence-electron chi connectivity index (χ2n) is 3.36. The fourth-order valence-corrected chi connectivity index (χ4v) is 1.47. The number of hydrogen-bond acceptors (Lipinski definition) is 3. The van der Waals surface area contributed by atoms with Crippen LogP contribution in [0.3, 0.4) is 0 Å². The van der Waals surface area contributed by atoms with E-state index in [0.717, 1.165) is 12.4 Å². The molecule has 0 N–H and O–H groups in total. The molecule has 3 heteroatoms. The molecule has 0 aromatic heterocycles. The van der Waals surface area contributed by atoms with Crippen molar-refractivity contribution in [1.29, 1.82) is 0 Å². The third-order valence-corrected chi connectivity index (χ3v) is 2.28. The molecule has 0 atom stereocenters. The van der Waals surface area contributed by atoms with E-state index in [1.54, 1.807) is 7.11 Å². The van der Waals surface area contributed by atoms with Crippen LogP contribution in [0.25, 0.3) is 0 Å². The second-order valence-corrected chi connectivity index (χ2v) is 3.36. The first-order valence-corrected chi connectivity index (χ1v) is 4.59. The Morgan fingerprint density at radius 1 is 1.14 bits per heavy atom. The molecule has 0 spiro atoms. The summed E-state index contributed by atoms with van der Waals surface area (Å²) in [5.74, 6) is 0.894. The molecule has 0 bridgehead atoms. The topological polar surface area (TPSA) is 15.7 Å². The van der Waals surface area contributed by atoms with Crippen LogP contribution in [0.4, 0.5) is 5.69 Å². The van der Waals surface area contributed by atoms with Gasteiger partial charge < -0.3 is 14.5 Å². The maximum atomic E-state index is 5.11. The average molecular weight is 190 g/mol. The third kappa shape index (κ3) is 1.66. The summed E-state index contributed by atoms with van der Waals surface area (Å²) in [6.07, 6.45) is 4.13. The zero-order chi connectivity index (χ0) is 9.97. The molecule has 0 saturated carbocycles. The monoisotopic (exact) mass is 190 g/mol. The zero-order valence-corrected chi connectivity index (χ0v) is 8.47. The van der Waals surface area contributed by atoms with E-state index in [1.165, 1.54) is 5.69 Å². The first kappa shape index (κ1) is 8.94. The minimum atomic E-state index is 0.894. The highest BCUT2D eigenvalue weighted by atomic mass is 16.5. The summed E-state index contributed by atoms with van der Waals surface area (Å²) in [6.45, 7) is 0.909. The highest BCUT2D eigenvalue weighted by Crippen LogP contribution is 2.21. The number of hydrogen-bond donors (Lipinski definition) is 0. The number of ether oxygens (including phenoxy) is 1. The number of benzene rings is 1. The number of rotatable bonds is 2. The van der Waals surface area contributed by atoms with E-state index >= 15 is 0 Å². The van der Waals surface area contributed by atoms with E-state index < -0.39 is 0 Å². The molecule has 1 aromatic carbocycles. The lowest BCUT2D eigenvalue weighted by Crippen LogP contribution is -2.21. The van der Waals surface area contributed by atoms with Crippen molar-refractivity contribution in [2.75, 3.05) is 25.7 Å². The summed E-state index contributed by atoms with van der Waals surface area (Å²) in [7, 11) is 3.73. The van der Waals surface area contributed by atoms with Crippen molar-refractivity contribution >= 4 is 5.69 Å². The maximum absolute atomic E-state index is 5.11. The minimum absolute atomic E-state index is 0.894. The molecule has 14 heavy (non-hydrogen) atoms. The van der Waals surface area contributed by atoms with Gasteiger partial charge in [-0.25, -0.2) is 0 Å². The Kier molecular flexibility index (Phi) is 2.31. The maximum Gasteiger partial charge on any atom is 0.119 e. The summed E-state index contributed by atoms with van der Waals surface area (Å²) in [5, 5.41) is 0. The van der Waals surface area contributed by atoms with Crippen LogP contribution in [0, 0.1) is 0 Å². The van der Waals surface area contributed by atoms with Gasteiger partial charge in [0.1, 0.15) is 5.75 Å². The van der Waals surface area contributed by atoms with Crippen molar-refractivity contribution in [2.24, 2.45) is 0 Å². The Bertz CT molecular complexity index is 332. The van der Waals surface area contributed by atoms with Gasteiger partial charge in [0, 0.05) is 25.1 Å². The van der Waals surface area contributed by atoms with Crippen LogP contribution in [-0.4, -0.2) is 25.7 Å². The summed E-state index contributed by atoms with van der Waals surface area (Å²) < 4.78 is 5.11. The van der Waals surface area contributed by atoms with Crippen LogP contribution < -0.4 is 9.64 Å². The molecule has 0 amide bonds. The van der Waals surface area contributed by atoms with Crippen molar-refractivity contribution < 1.29 is 4.74 Å². The third-order valence-electron chi connectivity index (χ3n) is 2.28. The molecule has 0 unspecified atom stereocenters. The first-order chi connectivity index (χ1) is 6.79. The smallest absolute Gasteiger partial charge is 0.119 e. The average Bonchev–Trinajstić information content (AvgIpc) is 2.65. The predicted octanol–water partition coefficient (Wildman–Crippen LogP) is 1.88. The van der Waals surface area contributed by atoms with Gasteiger partial charge in [-0.3, -0.25) is 0 Å². The molecule has 3 nitrogen and oxygen atoms in total. The van der Waals surface area contributed by atoms with Gasteiger partial charge in [-0.2, -0.15) is 0 Å². The van der Waals surface area contributed by atoms with Gasteiger partial charge in [-0.05, 0) is 24.3 Å². The predicted molar refractivity (Wildman–Crippen MR) is 57.2 cm³/mol. The van der Waals surface area contributed by atoms with E-state index in [2.05, 4.69) is 41.4 Å². The summed E-state index contributed by atoms with van der Waals surface area (Å²) in [6, 6.07) is 8.06. The van der Waals surface area contributed by atoms with Gasteiger partial charge in [-0.1, -0.05) is 0 Å². The fourth-order valence-electron chi connectivity index (χ4n) is 1.47. The lowest BCUT2D eigenvalue weighted by Gasteiger charge is -2.18. The Hall–Kier alpha value is -1.64. The molecule has 74 valence electrons. The van der Waals surface area contributed by atoms with Gasteiger partial charge in [0.15, 0.2) is 0 Å². The number of nitrogens with zero attached hydrogens (tertiary/aromatic N) is 2. The Morgan fingerprint density at radius 2 is 1.86 bits per heavy atom. The van der Waals surface area contributed by atoms with Crippen LogP contribution in [0.5, 0.6) is 5.75 Å². The molecule has 1 heterocycles. The van der Waals surface area contributed by atoms with E-state index in [1.807, 2.05) is 12.1 Å². The molecule has 0 fully saturated rings. The largest absolute Gasteiger partial charge is 0.497 e. The Balaban J connectivity index is 2.14. The van der Waals surface area contributed by atoms with Gasteiger partial charge in [0.05, 0.1) is 13.8 Å². The lowest BCUT2D eigenvalue weighted by atomic mass is 10.3. The van der Waals surface area contributed by atoms with Crippen molar-refractivity contribution in [1.82, 2.24) is 4.90 Å². The van der Waals surface area contributed by atoms with Gasteiger partial charge >= 0.3 is 0 Å². The van der Waals surface area contributed by atoms with Crippen LogP contribution in [0.2, 0.25) is 0 Å². The molecular weight excluding hydrogens is 176 g/mol. The van der Waals surface area contributed by atoms with Crippen molar-refractivity contribution in [3.63, 3.8) is 0 Å². The zero-order valence-electron chi connectivity index (χ0n) is 8.47. The van der Waals surface area contributed by atoms with Gasteiger partial charge in [-0.15, -0.1) is 0 Å². The molecule has 1 aromatic rings.